The summed E-state index contributed by atoms with van der Waals surface area (Å²) in [5.74, 6) is 0.777. The second kappa shape index (κ2) is 8.17. The molecule has 0 aliphatic carbocycles. The number of nitrogens with one attached hydrogen (secondary N) is 1. The van der Waals surface area contributed by atoms with E-state index >= 15 is 0 Å². The molecule has 0 saturated heterocycles. The molecule has 134 valence electrons. The molecule has 0 spiro atoms. The molecule has 0 aliphatic heterocycles. The van der Waals surface area contributed by atoms with Crippen molar-refractivity contribution in [2.45, 2.75) is 39.8 Å². The van der Waals surface area contributed by atoms with Crippen molar-refractivity contribution < 1.29 is 14.6 Å². The molecule has 0 bridgehead atoms. The van der Waals surface area contributed by atoms with Gasteiger partial charge in [0.05, 0.1) is 13.2 Å². The Balaban J connectivity index is 2.07. The number of amides is 1. The van der Waals surface area contributed by atoms with Crippen LogP contribution in [0.2, 0.25) is 0 Å². The Kier molecular flexibility index (Phi) is 6.21. The number of carbonyl (C=O) groups is 1. The number of methoxy groups -OCH3 is 1. The molecule has 0 saturated carbocycles. The highest BCUT2D eigenvalue weighted by Crippen LogP contribution is 2.23. The van der Waals surface area contributed by atoms with Gasteiger partial charge in [-0.25, -0.2) is 0 Å². The van der Waals surface area contributed by atoms with E-state index in [0.29, 0.717) is 13.0 Å². The molecule has 1 amide bonds. The van der Waals surface area contributed by atoms with Gasteiger partial charge in [-0.15, -0.1) is 0 Å². The van der Waals surface area contributed by atoms with Crippen molar-refractivity contribution in [2.24, 2.45) is 5.41 Å². The number of hydrogen-bond acceptors (Lipinski definition) is 3. The van der Waals surface area contributed by atoms with Gasteiger partial charge in [0.2, 0.25) is 5.91 Å². The van der Waals surface area contributed by atoms with Gasteiger partial charge in [-0.3, -0.25) is 4.79 Å². The minimum Gasteiger partial charge on any atom is -0.497 e. The molecule has 0 fully saturated rings. The number of ether oxygens (including phenoxy) is 1. The summed E-state index contributed by atoms with van der Waals surface area (Å²) in [6, 6.07) is 15.3. The van der Waals surface area contributed by atoms with Crippen molar-refractivity contribution in [1.82, 2.24) is 5.32 Å². The molecule has 2 rings (SSSR count). The second-order valence-electron chi connectivity index (χ2n) is 7.19. The lowest BCUT2D eigenvalue weighted by atomic mass is 9.94. The molecular weight excluding hydrogens is 314 g/mol. The third kappa shape index (κ3) is 5.33. The molecule has 1 unspecified atom stereocenters. The molecule has 25 heavy (non-hydrogen) atoms. The van der Waals surface area contributed by atoms with Gasteiger partial charge >= 0.3 is 0 Å². The van der Waals surface area contributed by atoms with Crippen LogP contribution in [0.4, 0.5) is 0 Å². The molecule has 2 aromatic carbocycles. The quantitative estimate of drug-likeness (QED) is 0.843. The summed E-state index contributed by atoms with van der Waals surface area (Å²) in [5.41, 5.74) is 2.47. The van der Waals surface area contributed by atoms with E-state index in [1.165, 1.54) is 0 Å². The minimum absolute atomic E-state index is 0.0120. The number of carbonyl (C=O) groups excluding carboxylic acids is 1. The Morgan fingerprint density at radius 1 is 1.08 bits per heavy atom. The van der Waals surface area contributed by atoms with Crippen LogP contribution in [0, 0.1) is 5.41 Å². The summed E-state index contributed by atoms with van der Waals surface area (Å²) in [5, 5.41) is 13.5. The van der Waals surface area contributed by atoms with Crippen molar-refractivity contribution in [3.05, 3.63) is 65.2 Å². The van der Waals surface area contributed by atoms with Gasteiger partial charge < -0.3 is 15.2 Å². The summed E-state index contributed by atoms with van der Waals surface area (Å²) in [6.07, 6.45) is -0.112. The largest absolute Gasteiger partial charge is 0.497 e. The highest BCUT2D eigenvalue weighted by atomic mass is 16.5. The zero-order valence-corrected chi connectivity index (χ0v) is 15.4. The first-order valence-electron chi connectivity index (χ1n) is 8.48. The average Bonchev–Trinajstić information content (AvgIpc) is 2.60. The van der Waals surface area contributed by atoms with E-state index in [-0.39, 0.29) is 5.91 Å². The number of rotatable bonds is 6. The van der Waals surface area contributed by atoms with Gasteiger partial charge in [0, 0.05) is 18.4 Å². The smallest absolute Gasteiger partial charge is 0.225 e. The highest BCUT2D eigenvalue weighted by molar-refractivity contribution is 5.81. The van der Waals surface area contributed by atoms with Crippen LogP contribution >= 0.6 is 0 Å². The standard InChI is InChI=1S/C21H27NO3/c1-21(2,3)20(24)22-14-17-8-6-5-7-16(17)13-19(23)15-9-11-18(25-4)12-10-15/h5-12,19,23H,13-14H2,1-4H3,(H,22,24). The lowest BCUT2D eigenvalue weighted by Gasteiger charge is -2.19. The van der Waals surface area contributed by atoms with Crippen molar-refractivity contribution in [2.75, 3.05) is 7.11 Å². The predicted molar refractivity (Wildman–Crippen MR) is 99.4 cm³/mol. The molecule has 4 heteroatoms. The lowest BCUT2D eigenvalue weighted by molar-refractivity contribution is -0.128. The lowest BCUT2D eigenvalue weighted by Crippen LogP contribution is -2.34. The van der Waals surface area contributed by atoms with Crippen molar-refractivity contribution in [1.29, 1.82) is 0 Å². The fraction of sp³-hybridized carbons (Fsp3) is 0.381. The Morgan fingerprint density at radius 2 is 1.68 bits per heavy atom. The molecule has 0 radical (unpaired) electrons. The predicted octanol–water partition coefficient (Wildman–Crippen LogP) is 3.63. The Morgan fingerprint density at radius 3 is 2.24 bits per heavy atom. The van der Waals surface area contributed by atoms with Crippen LogP contribution in [-0.2, 0) is 17.8 Å². The Bertz CT molecular complexity index is 702. The maximum Gasteiger partial charge on any atom is 0.225 e. The second-order valence-corrected chi connectivity index (χ2v) is 7.19. The number of aliphatic hydroxyl groups is 1. The summed E-state index contributed by atoms with van der Waals surface area (Å²) >= 11 is 0. The fourth-order valence-corrected chi connectivity index (χ4v) is 2.52. The van der Waals surface area contributed by atoms with Crippen LogP contribution in [0.15, 0.2) is 48.5 Å². The van der Waals surface area contributed by atoms with Crippen LogP contribution < -0.4 is 10.1 Å². The number of benzene rings is 2. The molecule has 0 aliphatic rings. The van der Waals surface area contributed by atoms with Crippen LogP contribution in [0.3, 0.4) is 0 Å². The molecule has 0 aromatic heterocycles. The number of aliphatic hydroxyl groups excluding tert-OH is 1. The first kappa shape index (κ1) is 19.0. The normalized spacial score (nSPS) is 12.5. The van der Waals surface area contributed by atoms with Gasteiger partial charge in [0.15, 0.2) is 0 Å². The van der Waals surface area contributed by atoms with E-state index in [1.54, 1.807) is 7.11 Å². The molecule has 4 nitrogen and oxygen atoms in total. The Labute approximate surface area is 149 Å². The average molecular weight is 341 g/mol. The van der Waals surface area contributed by atoms with Gasteiger partial charge in [0.25, 0.3) is 0 Å². The van der Waals surface area contributed by atoms with Crippen molar-refractivity contribution in [3.63, 3.8) is 0 Å². The molecule has 1 atom stereocenters. The summed E-state index contributed by atoms with van der Waals surface area (Å²) in [4.78, 5) is 12.1. The summed E-state index contributed by atoms with van der Waals surface area (Å²) < 4.78 is 5.15. The van der Waals surface area contributed by atoms with E-state index in [4.69, 9.17) is 4.74 Å². The number of hydrogen-bond donors (Lipinski definition) is 2. The molecule has 2 aromatic rings. The van der Waals surface area contributed by atoms with Gasteiger partial charge in [-0.2, -0.15) is 0 Å². The first-order chi connectivity index (χ1) is 11.8. The summed E-state index contributed by atoms with van der Waals surface area (Å²) in [6.45, 7) is 6.13. The van der Waals surface area contributed by atoms with Crippen LogP contribution in [0.5, 0.6) is 5.75 Å². The maximum atomic E-state index is 12.1. The van der Waals surface area contributed by atoms with Crippen molar-refractivity contribution >= 4 is 5.91 Å². The third-order valence-corrected chi connectivity index (χ3v) is 4.15. The van der Waals surface area contributed by atoms with Crippen LogP contribution in [-0.4, -0.2) is 18.1 Å². The molecular formula is C21H27NO3. The maximum absolute atomic E-state index is 12.1. The molecule has 2 N–H and O–H groups in total. The van der Waals surface area contributed by atoms with E-state index in [1.807, 2.05) is 69.3 Å². The van der Waals surface area contributed by atoms with E-state index in [9.17, 15) is 9.90 Å². The van der Waals surface area contributed by atoms with Crippen LogP contribution in [0.25, 0.3) is 0 Å². The first-order valence-corrected chi connectivity index (χ1v) is 8.48. The SMILES string of the molecule is COc1ccc(C(O)Cc2ccccc2CNC(=O)C(C)(C)C)cc1. The van der Waals surface area contributed by atoms with E-state index < -0.39 is 11.5 Å². The minimum atomic E-state index is -0.606. The van der Waals surface area contributed by atoms with Crippen molar-refractivity contribution in [3.8, 4) is 5.75 Å². The van der Waals surface area contributed by atoms with E-state index in [2.05, 4.69) is 5.32 Å². The monoisotopic (exact) mass is 341 g/mol. The van der Waals surface area contributed by atoms with E-state index in [0.717, 1.165) is 22.4 Å². The Hall–Kier alpha value is -2.33. The van der Waals surface area contributed by atoms with Gasteiger partial charge in [-0.1, -0.05) is 57.2 Å². The third-order valence-electron chi connectivity index (χ3n) is 4.15. The zero-order valence-electron chi connectivity index (χ0n) is 15.4. The topological polar surface area (TPSA) is 58.6 Å². The van der Waals surface area contributed by atoms with Crippen LogP contribution in [0.1, 0.15) is 43.6 Å². The fourth-order valence-electron chi connectivity index (χ4n) is 2.52. The van der Waals surface area contributed by atoms with Gasteiger partial charge in [-0.05, 0) is 28.8 Å². The van der Waals surface area contributed by atoms with Gasteiger partial charge in [0.1, 0.15) is 5.75 Å². The zero-order chi connectivity index (χ0) is 18.4. The molecule has 0 heterocycles. The summed E-state index contributed by atoms with van der Waals surface area (Å²) in [7, 11) is 1.62. The highest BCUT2D eigenvalue weighted by Gasteiger charge is 2.21.